The molecule has 1 fully saturated rings. The molecule has 1 aromatic carbocycles. The molecule has 0 spiro atoms. The number of carboxylic acids is 1. The summed E-state index contributed by atoms with van der Waals surface area (Å²) in [5, 5.41) is 9.42. The lowest BCUT2D eigenvalue weighted by Crippen LogP contribution is -2.18. The first-order valence-corrected chi connectivity index (χ1v) is 12.1. The smallest absolute Gasteiger partial charge is 0.303 e. The Bertz CT molecular complexity index is 753. The second-order valence-electron chi connectivity index (χ2n) is 7.90. The molecule has 1 N–H and O–H groups in total. The van der Waals surface area contributed by atoms with Crippen LogP contribution in [0.3, 0.4) is 0 Å². The van der Waals surface area contributed by atoms with Gasteiger partial charge in [0.15, 0.2) is 0 Å². The maximum absolute atomic E-state index is 11.1. The number of allylic oxidation sites excluding steroid dienone is 2. The molecule has 1 aromatic rings. The molecule has 0 bridgehead atoms. The van der Waals surface area contributed by atoms with Crippen LogP contribution in [0.5, 0.6) is 0 Å². The zero-order valence-corrected chi connectivity index (χ0v) is 20.3. The summed E-state index contributed by atoms with van der Waals surface area (Å²) in [6, 6.07) is 5.82. The molecule has 30 heavy (non-hydrogen) atoms. The third-order valence-corrected chi connectivity index (χ3v) is 7.57. The summed E-state index contributed by atoms with van der Waals surface area (Å²) in [6.45, 7) is 1.62. The average molecular weight is 520 g/mol. The maximum Gasteiger partial charge on any atom is 0.303 e. The topological polar surface area (TPSA) is 63.6 Å². The van der Waals surface area contributed by atoms with Crippen molar-refractivity contribution in [1.82, 2.24) is 0 Å². The lowest BCUT2D eigenvalue weighted by atomic mass is 9.87. The highest BCUT2D eigenvalue weighted by atomic mass is 79.9. The van der Waals surface area contributed by atoms with E-state index in [9.17, 15) is 9.59 Å². The van der Waals surface area contributed by atoms with Crippen molar-refractivity contribution in [1.29, 1.82) is 0 Å². The summed E-state index contributed by atoms with van der Waals surface area (Å²) < 4.78 is 5.08. The van der Waals surface area contributed by atoms with Gasteiger partial charge in [-0.25, -0.2) is 0 Å². The highest BCUT2D eigenvalue weighted by molar-refractivity contribution is 9.09. The van der Waals surface area contributed by atoms with Gasteiger partial charge in [-0.3, -0.25) is 9.59 Å². The van der Waals surface area contributed by atoms with Crippen molar-refractivity contribution < 1.29 is 19.4 Å². The van der Waals surface area contributed by atoms with E-state index in [0.717, 1.165) is 43.2 Å². The Morgan fingerprint density at radius 1 is 1.27 bits per heavy atom. The molecule has 0 radical (unpaired) electrons. The predicted molar refractivity (Wildman–Crippen MR) is 124 cm³/mol. The molecule has 2 rings (SSSR count). The van der Waals surface area contributed by atoms with Gasteiger partial charge in [0, 0.05) is 28.6 Å². The Hall–Kier alpha value is -1.04. The first kappa shape index (κ1) is 25.2. The number of carbonyl (C=O) groups is 2. The molecule has 2 unspecified atom stereocenters. The van der Waals surface area contributed by atoms with Gasteiger partial charge in [-0.2, -0.15) is 0 Å². The van der Waals surface area contributed by atoms with Gasteiger partial charge in [-0.1, -0.05) is 45.7 Å². The van der Waals surface area contributed by atoms with E-state index < -0.39 is 5.97 Å². The normalized spacial score (nSPS) is 23.7. The van der Waals surface area contributed by atoms with Gasteiger partial charge in [0.1, 0.15) is 6.61 Å². The van der Waals surface area contributed by atoms with Gasteiger partial charge in [-0.15, -0.1) is 11.6 Å². The molecule has 0 heterocycles. The summed E-state index contributed by atoms with van der Waals surface area (Å²) in [5.74, 6) is -0.180. The molecule has 7 heteroatoms. The minimum absolute atomic E-state index is 0.0788. The van der Waals surface area contributed by atoms with E-state index in [-0.39, 0.29) is 24.4 Å². The summed E-state index contributed by atoms with van der Waals surface area (Å²) >= 11 is 16.7. The van der Waals surface area contributed by atoms with Crippen molar-refractivity contribution in [3.8, 4) is 0 Å². The predicted octanol–water partition coefficient (Wildman–Crippen LogP) is 6.54. The summed E-state index contributed by atoms with van der Waals surface area (Å²) in [7, 11) is 0. The number of benzene rings is 1. The average Bonchev–Trinajstić information content (AvgIpc) is 2.94. The van der Waals surface area contributed by atoms with Gasteiger partial charge in [0.2, 0.25) is 0 Å². The van der Waals surface area contributed by atoms with E-state index in [1.165, 1.54) is 6.92 Å². The van der Waals surface area contributed by atoms with Crippen LogP contribution in [0.2, 0.25) is 5.02 Å². The minimum atomic E-state index is -0.747. The number of esters is 1. The highest BCUT2D eigenvalue weighted by Gasteiger charge is 2.39. The fourth-order valence-corrected chi connectivity index (χ4v) is 5.60. The zero-order valence-electron chi connectivity index (χ0n) is 17.2. The minimum Gasteiger partial charge on any atom is -0.481 e. The largest absolute Gasteiger partial charge is 0.481 e. The molecule has 0 amide bonds. The monoisotopic (exact) mass is 518 g/mol. The number of halogens is 3. The van der Waals surface area contributed by atoms with Crippen LogP contribution >= 0.6 is 39.1 Å². The molecule has 4 atom stereocenters. The Balaban J connectivity index is 1.92. The Kier molecular flexibility index (Phi) is 10.7. The first-order chi connectivity index (χ1) is 14.3. The lowest BCUT2D eigenvalue weighted by molar-refractivity contribution is -0.142. The van der Waals surface area contributed by atoms with Crippen molar-refractivity contribution in [2.45, 2.75) is 68.7 Å². The van der Waals surface area contributed by atoms with E-state index in [0.29, 0.717) is 28.1 Å². The number of ether oxygens (including phenoxy) is 1. The van der Waals surface area contributed by atoms with Gasteiger partial charge >= 0.3 is 11.9 Å². The SMILES string of the molecule is CC(=O)OCc1cc(Cl)cc(CC[C@H]2C(Cl)C(Br)C[C@@H]2CC=CCCCC(=O)O)c1. The fraction of sp³-hybridized carbons (Fsp3) is 0.565. The summed E-state index contributed by atoms with van der Waals surface area (Å²) in [4.78, 5) is 21.9. The van der Waals surface area contributed by atoms with Crippen LogP contribution in [-0.4, -0.2) is 27.2 Å². The van der Waals surface area contributed by atoms with E-state index in [1.807, 2.05) is 18.2 Å². The second kappa shape index (κ2) is 12.7. The molecule has 166 valence electrons. The number of carbonyl (C=O) groups excluding carboxylic acids is 1. The molecule has 1 aliphatic carbocycles. The number of aliphatic carboxylic acids is 1. The summed E-state index contributed by atoms with van der Waals surface area (Å²) in [5.41, 5.74) is 2.01. The number of hydrogen-bond donors (Lipinski definition) is 1. The van der Waals surface area contributed by atoms with E-state index in [4.69, 9.17) is 33.0 Å². The van der Waals surface area contributed by atoms with E-state index in [2.05, 4.69) is 28.1 Å². The number of alkyl halides is 2. The van der Waals surface area contributed by atoms with Crippen LogP contribution in [0.15, 0.2) is 30.4 Å². The molecular formula is C23H29BrCl2O4. The number of unbranched alkanes of at least 4 members (excludes halogenated alkanes) is 1. The van der Waals surface area contributed by atoms with Gasteiger partial charge in [0.05, 0.1) is 0 Å². The van der Waals surface area contributed by atoms with Crippen LogP contribution in [0.25, 0.3) is 0 Å². The molecule has 1 saturated carbocycles. The van der Waals surface area contributed by atoms with Crippen molar-refractivity contribution in [3.05, 3.63) is 46.5 Å². The van der Waals surface area contributed by atoms with Crippen LogP contribution < -0.4 is 0 Å². The number of rotatable bonds is 11. The number of hydrogen-bond acceptors (Lipinski definition) is 3. The van der Waals surface area contributed by atoms with Crippen molar-refractivity contribution in [3.63, 3.8) is 0 Å². The second-order valence-corrected chi connectivity index (χ2v) is 10.0. The zero-order chi connectivity index (χ0) is 22.1. The fourth-order valence-electron chi connectivity index (χ4n) is 4.01. The number of carboxylic acid groups (broad SMARTS) is 1. The molecule has 0 saturated heterocycles. The van der Waals surface area contributed by atoms with Gasteiger partial charge in [-0.05, 0) is 73.6 Å². The van der Waals surface area contributed by atoms with Crippen molar-refractivity contribution in [2.75, 3.05) is 0 Å². The van der Waals surface area contributed by atoms with Crippen LogP contribution in [0.4, 0.5) is 0 Å². The third-order valence-electron chi connectivity index (χ3n) is 5.48. The Morgan fingerprint density at radius 2 is 2.00 bits per heavy atom. The standard InChI is InChI=1S/C23H29BrCl2O4/c1-15(27)30-14-17-10-16(11-19(25)12-17)8-9-20-18(13-21(24)23(20)26)6-4-2-3-5-7-22(28)29/h2,4,10-12,18,20-21,23H,3,5-9,13-14H2,1H3,(H,28,29)/t18-,20+,21?,23?/m0/s1. The Morgan fingerprint density at radius 3 is 2.70 bits per heavy atom. The van der Waals surface area contributed by atoms with Crippen LogP contribution in [-0.2, 0) is 27.4 Å². The van der Waals surface area contributed by atoms with Gasteiger partial charge in [0.25, 0.3) is 0 Å². The number of aryl methyl sites for hydroxylation is 1. The van der Waals surface area contributed by atoms with Crippen LogP contribution in [0.1, 0.15) is 56.6 Å². The molecule has 4 nitrogen and oxygen atoms in total. The quantitative estimate of drug-likeness (QED) is 0.156. The van der Waals surface area contributed by atoms with Crippen molar-refractivity contribution >= 4 is 51.1 Å². The first-order valence-electron chi connectivity index (χ1n) is 10.3. The molecule has 1 aliphatic rings. The maximum atomic E-state index is 11.1. The lowest BCUT2D eigenvalue weighted by Gasteiger charge is -2.21. The summed E-state index contributed by atoms with van der Waals surface area (Å²) in [6.07, 6.45) is 9.74. The molecular weight excluding hydrogens is 491 g/mol. The van der Waals surface area contributed by atoms with E-state index >= 15 is 0 Å². The van der Waals surface area contributed by atoms with Crippen LogP contribution in [0, 0.1) is 11.8 Å². The third kappa shape index (κ3) is 8.60. The van der Waals surface area contributed by atoms with E-state index in [1.54, 1.807) is 0 Å². The molecule has 0 aliphatic heterocycles. The van der Waals surface area contributed by atoms with Gasteiger partial charge < -0.3 is 9.84 Å². The Labute approximate surface area is 197 Å². The van der Waals surface area contributed by atoms with Crippen molar-refractivity contribution in [2.24, 2.45) is 11.8 Å². The molecule has 0 aromatic heterocycles. The highest BCUT2D eigenvalue weighted by Crippen LogP contribution is 2.44.